The second-order valence-electron chi connectivity index (χ2n) is 13.8. The van der Waals surface area contributed by atoms with Gasteiger partial charge in [-0.05, 0) is 57.4 Å². The van der Waals surface area contributed by atoms with Crippen molar-refractivity contribution in [1.29, 1.82) is 0 Å². The molecule has 2 N–H and O–H groups in total. The first kappa shape index (κ1) is 46.7. The molecular formula is C39H77NO8. The summed E-state index contributed by atoms with van der Waals surface area (Å²) in [4.78, 5) is 24.8. The highest BCUT2D eigenvalue weighted by Gasteiger charge is 2.17. The van der Waals surface area contributed by atoms with Crippen molar-refractivity contribution >= 4 is 11.9 Å². The average Bonchev–Trinajstić information content (AvgIpc) is 3.08. The van der Waals surface area contributed by atoms with Crippen LogP contribution in [0.1, 0.15) is 155 Å². The lowest BCUT2D eigenvalue weighted by atomic mass is 9.92. The van der Waals surface area contributed by atoms with Crippen LogP contribution in [0.5, 0.6) is 0 Å². The molecule has 9 nitrogen and oxygen atoms in total. The molecule has 0 aliphatic rings. The Hall–Kier alpha value is -1.26. The maximum absolute atomic E-state index is 11.3. The molecule has 0 aromatic carbocycles. The summed E-state index contributed by atoms with van der Waals surface area (Å²) in [5, 5.41) is 20.7. The van der Waals surface area contributed by atoms with Gasteiger partial charge in [0.15, 0.2) is 0 Å². The Kier molecular flexibility index (Phi) is 34.6. The summed E-state index contributed by atoms with van der Waals surface area (Å²) < 4.78 is 21.5. The second-order valence-corrected chi connectivity index (χ2v) is 13.8. The molecule has 0 spiro atoms. The van der Waals surface area contributed by atoms with E-state index in [2.05, 4.69) is 18.7 Å². The molecule has 0 aliphatic heterocycles. The van der Waals surface area contributed by atoms with Crippen molar-refractivity contribution in [2.24, 2.45) is 11.8 Å². The molecule has 0 fully saturated rings. The Morgan fingerprint density at radius 2 is 1.08 bits per heavy atom. The zero-order valence-electron chi connectivity index (χ0n) is 31.7. The first-order valence-corrected chi connectivity index (χ1v) is 19.7. The number of rotatable bonds is 37. The van der Waals surface area contributed by atoms with E-state index in [-0.39, 0.29) is 24.5 Å². The molecule has 0 rings (SSSR count). The number of carbonyl (C=O) groups is 2. The third kappa shape index (κ3) is 30.8. The highest BCUT2D eigenvalue weighted by molar-refractivity contribution is 5.69. The van der Waals surface area contributed by atoms with E-state index in [1.807, 2.05) is 0 Å². The van der Waals surface area contributed by atoms with Gasteiger partial charge in [0.2, 0.25) is 0 Å². The van der Waals surface area contributed by atoms with Gasteiger partial charge in [0.1, 0.15) is 0 Å². The van der Waals surface area contributed by atoms with E-state index >= 15 is 0 Å². The van der Waals surface area contributed by atoms with Crippen molar-refractivity contribution in [1.82, 2.24) is 4.90 Å². The first-order valence-electron chi connectivity index (χ1n) is 19.7. The molecule has 0 aromatic heterocycles. The van der Waals surface area contributed by atoms with Gasteiger partial charge in [0.25, 0.3) is 0 Å². The molecule has 48 heavy (non-hydrogen) atoms. The molecule has 9 heteroatoms. The first-order chi connectivity index (χ1) is 23.4. The number of aliphatic hydroxyl groups excluding tert-OH is 2. The minimum atomic E-state index is -0.410. The molecule has 0 bridgehead atoms. The summed E-state index contributed by atoms with van der Waals surface area (Å²) in [6, 6.07) is 0. The topological polar surface area (TPSA) is 115 Å². The van der Waals surface area contributed by atoms with E-state index in [0.717, 1.165) is 89.5 Å². The Labute approximate surface area is 295 Å². The van der Waals surface area contributed by atoms with Crippen LogP contribution in [-0.4, -0.2) is 100 Å². The zero-order chi connectivity index (χ0) is 35.5. The summed E-state index contributed by atoms with van der Waals surface area (Å²) >= 11 is 0. The van der Waals surface area contributed by atoms with Crippen LogP contribution in [0.4, 0.5) is 0 Å². The lowest BCUT2D eigenvalue weighted by molar-refractivity contribution is -0.141. The highest BCUT2D eigenvalue weighted by atomic mass is 16.5. The summed E-state index contributed by atoms with van der Waals surface area (Å²) in [6.07, 6.45) is 22.3. The average molecular weight is 688 g/mol. The third-order valence-corrected chi connectivity index (χ3v) is 9.32. The van der Waals surface area contributed by atoms with Gasteiger partial charge in [0.05, 0.1) is 40.1 Å². The molecule has 0 saturated heterocycles. The van der Waals surface area contributed by atoms with Crippen LogP contribution >= 0.6 is 0 Å². The molecule has 1 atom stereocenters. The fourth-order valence-electron chi connectivity index (χ4n) is 6.20. The predicted octanol–water partition coefficient (Wildman–Crippen LogP) is 7.88. The monoisotopic (exact) mass is 688 g/mol. The smallest absolute Gasteiger partial charge is 0.305 e. The van der Waals surface area contributed by atoms with Crippen molar-refractivity contribution in [2.75, 3.05) is 66.9 Å². The minimum Gasteiger partial charge on any atom is -0.469 e. The maximum atomic E-state index is 11.3. The Morgan fingerprint density at radius 3 is 1.56 bits per heavy atom. The van der Waals surface area contributed by atoms with Crippen LogP contribution in [-0.2, 0) is 28.5 Å². The zero-order valence-corrected chi connectivity index (χ0v) is 31.7. The number of hydrogen-bond acceptors (Lipinski definition) is 9. The van der Waals surface area contributed by atoms with E-state index < -0.39 is 6.10 Å². The van der Waals surface area contributed by atoms with E-state index in [9.17, 15) is 19.8 Å². The van der Waals surface area contributed by atoms with Gasteiger partial charge in [0, 0.05) is 45.1 Å². The fourth-order valence-corrected chi connectivity index (χ4v) is 6.20. The van der Waals surface area contributed by atoms with Gasteiger partial charge < -0.3 is 29.2 Å². The van der Waals surface area contributed by atoms with E-state index in [4.69, 9.17) is 18.9 Å². The summed E-state index contributed by atoms with van der Waals surface area (Å²) in [6.45, 7) is 9.50. The van der Waals surface area contributed by atoms with E-state index in [1.54, 1.807) is 0 Å². The fraction of sp³-hybridized carbons (Fsp3) is 0.949. The largest absolute Gasteiger partial charge is 0.469 e. The Bertz CT molecular complexity index is 667. The molecule has 286 valence electrons. The van der Waals surface area contributed by atoms with Gasteiger partial charge in [-0.2, -0.15) is 0 Å². The van der Waals surface area contributed by atoms with Gasteiger partial charge in [-0.1, -0.05) is 97.3 Å². The van der Waals surface area contributed by atoms with E-state index in [0.29, 0.717) is 52.4 Å². The Balaban J connectivity index is 4.65. The lowest BCUT2D eigenvalue weighted by Crippen LogP contribution is -2.36. The molecule has 0 aromatic rings. The van der Waals surface area contributed by atoms with Gasteiger partial charge in [-0.15, -0.1) is 0 Å². The molecule has 1 unspecified atom stereocenters. The normalized spacial score (nSPS) is 12.4. The third-order valence-electron chi connectivity index (χ3n) is 9.32. The summed E-state index contributed by atoms with van der Waals surface area (Å²) in [5.41, 5.74) is 0. The minimum absolute atomic E-state index is 0.121. The van der Waals surface area contributed by atoms with Crippen LogP contribution in [0, 0.1) is 11.8 Å². The van der Waals surface area contributed by atoms with Gasteiger partial charge >= 0.3 is 11.9 Å². The van der Waals surface area contributed by atoms with Crippen LogP contribution in [0.2, 0.25) is 0 Å². The summed E-state index contributed by atoms with van der Waals surface area (Å²) in [7, 11) is 2.86. The maximum Gasteiger partial charge on any atom is 0.305 e. The van der Waals surface area contributed by atoms with Crippen molar-refractivity contribution in [2.45, 2.75) is 161 Å². The molecule has 0 amide bonds. The predicted molar refractivity (Wildman–Crippen MR) is 195 cm³/mol. The number of nitrogens with zero attached hydrogens (tertiary/aromatic N) is 1. The van der Waals surface area contributed by atoms with Crippen molar-refractivity contribution < 1.29 is 38.7 Å². The highest BCUT2D eigenvalue weighted by Crippen LogP contribution is 2.22. The number of aliphatic hydroxyl groups is 2. The standard InChI is InChI=1S/C39H77NO8/c1-5-7-13-20-35(21-14-8-6-2)26-27-40(28-29-41)32-37(42)23-19-22-36(33-47-30-17-11-9-15-24-38(43)45-3)34-48-31-18-12-10-16-25-39(44)46-4/h35-37,41-42H,5-34H2,1-4H3. The number of unbranched alkanes of at least 4 members (excludes halogenated alkanes) is 10. The molecular weight excluding hydrogens is 610 g/mol. The van der Waals surface area contributed by atoms with Crippen molar-refractivity contribution in [3.8, 4) is 0 Å². The number of methoxy groups -OCH3 is 2. The van der Waals surface area contributed by atoms with Crippen LogP contribution in [0.15, 0.2) is 0 Å². The lowest BCUT2D eigenvalue weighted by Gasteiger charge is -2.27. The number of carbonyl (C=O) groups excluding carboxylic acids is 2. The Morgan fingerprint density at radius 1 is 0.583 bits per heavy atom. The summed E-state index contributed by atoms with van der Waals surface area (Å²) in [5.74, 6) is 0.717. The van der Waals surface area contributed by atoms with Crippen LogP contribution < -0.4 is 0 Å². The van der Waals surface area contributed by atoms with E-state index in [1.165, 1.54) is 65.6 Å². The molecule has 0 saturated carbocycles. The van der Waals surface area contributed by atoms with Crippen molar-refractivity contribution in [3.05, 3.63) is 0 Å². The van der Waals surface area contributed by atoms with Gasteiger partial charge in [-0.3, -0.25) is 14.5 Å². The SMILES string of the molecule is CCCCCC(CCCCC)CCN(CCO)CC(O)CCCC(COCCCCCCC(=O)OC)COCCCCCCC(=O)OC. The number of esters is 2. The molecule has 0 aliphatic carbocycles. The van der Waals surface area contributed by atoms with Gasteiger partial charge in [-0.25, -0.2) is 0 Å². The molecule has 0 radical (unpaired) electrons. The molecule has 0 heterocycles. The number of ether oxygens (including phenoxy) is 4. The second kappa shape index (κ2) is 35.6. The quantitative estimate of drug-likeness (QED) is 0.0497. The van der Waals surface area contributed by atoms with Crippen LogP contribution in [0.25, 0.3) is 0 Å². The van der Waals surface area contributed by atoms with Crippen LogP contribution in [0.3, 0.4) is 0 Å². The number of hydrogen-bond donors (Lipinski definition) is 2. The van der Waals surface area contributed by atoms with Crippen molar-refractivity contribution in [3.63, 3.8) is 0 Å².